The molecular weight excluding hydrogens is 282 g/mol. The Balaban J connectivity index is 1.87. The third kappa shape index (κ3) is 2.67. The van der Waals surface area contributed by atoms with Gasteiger partial charge in [0, 0.05) is 12.1 Å². The van der Waals surface area contributed by atoms with E-state index in [4.69, 9.17) is 4.74 Å². The number of non-ortho nitro benzene ring substituents is 1. The topological polar surface area (TPSA) is 61.2 Å². The molecule has 3 aromatic rings. The Morgan fingerprint density at radius 1 is 1.09 bits per heavy atom. The van der Waals surface area contributed by atoms with Gasteiger partial charge in [0.25, 0.3) is 12.0 Å². The molecule has 0 aliphatic carbocycles. The van der Waals surface area contributed by atoms with Crippen LogP contribution in [0.25, 0.3) is 11.4 Å². The molecule has 6 heteroatoms. The normalized spacial score (nSPS) is 10.4. The molecule has 0 atom stereocenters. The number of hydrogen-bond acceptors (Lipinski definition) is 3. The number of imidazole rings is 1. The second kappa shape index (κ2) is 5.69. The van der Waals surface area contributed by atoms with Crippen LogP contribution in [0.3, 0.4) is 0 Å². The number of hydrogen-bond donors (Lipinski definition) is 0. The highest BCUT2D eigenvalue weighted by Gasteiger charge is 2.11. The van der Waals surface area contributed by atoms with E-state index in [9.17, 15) is 10.1 Å². The van der Waals surface area contributed by atoms with Crippen molar-refractivity contribution in [3.8, 4) is 17.1 Å². The number of nitro benzene ring substituents is 1. The average molecular weight is 296 g/mol. The van der Waals surface area contributed by atoms with Gasteiger partial charge in [-0.3, -0.25) is 10.1 Å². The van der Waals surface area contributed by atoms with Crippen LogP contribution in [-0.4, -0.2) is 16.6 Å². The van der Waals surface area contributed by atoms with Crippen LogP contribution in [0.1, 0.15) is 0 Å². The van der Waals surface area contributed by atoms with Gasteiger partial charge in [-0.2, -0.15) is 0 Å². The van der Waals surface area contributed by atoms with Gasteiger partial charge in [0.05, 0.1) is 12.0 Å². The molecule has 0 saturated carbocycles. The Labute approximate surface area is 127 Å². The van der Waals surface area contributed by atoms with E-state index < -0.39 is 4.92 Å². The number of aromatic nitrogens is 2. The first-order valence-corrected chi connectivity index (χ1v) is 6.66. The summed E-state index contributed by atoms with van der Waals surface area (Å²) in [4.78, 5) is 10.3. The number of nitro groups is 1. The standard InChI is InChI=1S/C16H14N3O3/c1-22-16-8-6-14(7-9-16)18-11-10-17(12-18)13-2-4-15(5-3-13)19(20)21/h2-12H,1H3/q+1. The molecule has 0 bridgehead atoms. The van der Waals surface area contributed by atoms with Gasteiger partial charge in [0.1, 0.15) is 29.5 Å². The number of methoxy groups -OCH3 is 1. The largest absolute Gasteiger partial charge is 0.497 e. The van der Waals surface area contributed by atoms with Gasteiger partial charge in [-0.15, -0.1) is 0 Å². The highest BCUT2D eigenvalue weighted by Crippen LogP contribution is 2.15. The van der Waals surface area contributed by atoms with Crippen molar-refractivity contribution in [2.75, 3.05) is 7.11 Å². The monoisotopic (exact) mass is 296 g/mol. The molecule has 3 rings (SSSR count). The van der Waals surface area contributed by atoms with Gasteiger partial charge in [-0.1, -0.05) is 0 Å². The van der Waals surface area contributed by atoms with Gasteiger partial charge in [-0.05, 0) is 36.4 Å². The fraction of sp³-hybridized carbons (Fsp3) is 0.0625. The van der Waals surface area contributed by atoms with Gasteiger partial charge in [0.15, 0.2) is 0 Å². The molecule has 0 aliphatic rings. The number of nitrogens with zero attached hydrogens (tertiary/aromatic N) is 3. The summed E-state index contributed by atoms with van der Waals surface area (Å²) in [6.07, 6.45) is 5.72. The molecule has 0 saturated heterocycles. The Kier molecular flexibility index (Phi) is 3.57. The summed E-state index contributed by atoms with van der Waals surface area (Å²) in [5.41, 5.74) is 1.94. The maximum absolute atomic E-state index is 10.7. The summed E-state index contributed by atoms with van der Waals surface area (Å²) in [6, 6.07) is 14.1. The van der Waals surface area contributed by atoms with Crippen molar-refractivity contribution in [1.82, 2.24) is 4.57 Å². The minimum Gasteiger partial charge on any atom is -0.497 e. The maximum Gasteiger partial charge on any atom is 0.269 e. The average Bonchev–Trinajstić information content (AvgIpc) is 3.05. The molecule has 110 valence electrons. The summed E-state index contributed by atoms with van der Waals surface area (Å²) >= 11 is 0. The van der Waals surface area contributed by atoms with Crippen LogP contribution in [0.5, 0.6) is 5.75 Å². The zero-order valence-electron chi connectivity index (χ0n) is 11.9. The minimum atomic E-state index is -0.406. The zero-order valence-corrected chi connectivity index (χ0v) is 11.9. The molecule has 0 amide bonds. The fourth-order valence-electron chi connectivity index (χ4n) is 2.16. The molecule has 1 heterocycles. The van der Waals surface area contributed by atoms with Crippen LogP contribution >= 0.6 is 0 Å². The van der Waals surface area contributed by atoms with Crippen LogP contribution in [0, 0.1) is 10.1 Å². The molecule has 0 N–H and O–H groups in total. The minimum absolute atomic E-state index is 0.0823. The molecule has 1 aromatic heterocycles. The van der Waals surface area contributed by atoms with Crippen molar-refractivity contribution in [1.29, 1.82) is 0 Å². The predicted molar refractivity (Wildman–Crippen MR) is 80.5 cm³/mol. The SMILES string of the molecule is COc1ccc(-n2cc[n+](-c3ccc([N+](=O)[O-])cc3)c2)cc1. The Hall–Kier alpha value is -3.15. The first-order valence-electron chi connectivity index (χ1n) is 6.66. The van der Waals surface area contributed by atoms with E-state index in [1.54, 1.807) is 19.2 Å². The van der Waals surface area contributed by atoms with Gasteiger partial charge >= 0.3 is 0 Å². The van der Waals surface area contributed by atoms with Crippen molar-refractivity contribution in [3.05, 3.63) is 77.4 Å². The number of benzene rings is 2. The first-order chi connectivity index (χ1) is 10.7. The van der Waals surface area contributed by atoms with Gasteiger partial charge < -0.3 is 4.74 Å². The molecule has 2 aromatic carbocycles. The predicted octanol–water partition coefficient (Wildman–Crippen LogP) is 2.67. The lowest BCUT2D eigenvalue weighted by Gasteiger charge is -1.99. The van der Waals surface area contributed by atoms with Crippen molar-refractivity contribution >= 4 is 5.69 Å². The van der Waals surface area contributed by atoms with Gasteiger partial charge in [-0.25, -0.2) is 9.13 Å². The molecule has 0 spiro atoms. The van der Waals surface area contributed by atoms with Crippen LogP contribution < -0.4 is 9.30 Å². The summed E-state index contributed by atoms with van der Waals surface area (Å²) in [5.74, 6) is 0.805. The highest BCUT2D eigenvalue weighted by molar-refractivity contribution is 5.38. The summed E-state index contributed by atoms with van der Waals surface area (Å²) in [5, 5.41) is 10.7. The lowest BCUT2D eigenvalue weighted by atomic mass is 10.3. The molecular formula is C16H14N3O3+. The number of ether oxygens (including phenoxy) is 1. The molecule has 0 unspecified atom stereocenters. The van der Waals surface area contributed by atoms with Crippen molar-refractivity contribution < 1.29 is 14.2 Å². The molecule has 0 fully saturated rings. The second-order valence-corrected chi connectivity index (χ2v) is 4.70. The van der Waals surface area contributed by atoms with Crippen LogP contribution in [0.15, 0.2) is 67.3 Å². The quantitative estimate of drug-likeness (QED) is 0.422. The van der Waals surface area contributed by atoms with Crippen molar-refractivity contribution in [2.45, 2.75) is 0 Å². The summed E-state index contributed by atoms with van der Waals surface area (Å²) < 4.78 is 9.00. The molecule has 0 aliphatic heterocycles. The van der Waals surface area contributed by atoms with E-state index in [-0.39, 0.29) is 5.69 Å². The van der Waals surface area contributed by atoms with E-state index in [1.165, 1.54) is 12.1 Å². The molecule has 6 nitrogen and oxygen atoms in total. The van der Waals surface area contributed by atoms with E-state index in [0.29, 0.717) is 0 Å². The number of rotatable bonds is 4. The van der Waals surface area contributed by atoms with E-state index in [0.717, 1.165) is 17.1 Å². The lowest BCUT2D eigenvalue weighted by Crippen LogP contribution is -2.27. The summed E-state index contributed by atoms with van der Waals surface area (Å²) in [7, 11) is 1.63. The third-order valence-electron chi connectivity index (χ3n) is 3.37. The lowest BCUT2D eigenvalue weighted by molar-refractivity contribution is -0.594. The third-order valence-corrected chi connectivity index (χ3v) is 3.37. The van der Waals surface area contributed by atoms with Crippen molar-refractivity contribution in [3.63, 3.8) is 0 Å². The van der Waals surface area contributed by atoms with Crippen LogP contribution in [0.2, 0.25) is 0 Å². The van der Waals surface area contributed by atoms with Crippen LogP contribution in [-0.2, 0) is 0 Å². The van der Waals surface area contributed by atoms with Crippen molar-refractivity contribution in [2.24, 2.45) is 0 Å². The van der Waals surface area contributed by atoms with E-state index in [1.807, 2.05) is 52.1 Å². The van der Waals surface area contributed by atoms with Crippen LogP contribution in [0.4, 0.5) is 5.69 Å². The molecule has 0 radical (unpaired) electrons. The first kappa shape index (κ1) is 13.8. The van der Waals surface area contributed by atoms with E-state index in [2.05, 4.69) is 0 Å². The summed E-state index contributed by atoms with van der Waals surface area (Å²) in [6.45, 7) is 0. The Morgan fingerprint density at radius 3 is 2.36 bits per heavy atom. The smallest absolute Gasteiger partial charge is 0.269 e. The Bertz CT molecular complexity index is 792. The maximum atomic E-state index is 10.7. The molecule has 22 heavy (non-hydrogen) atoms. The second-order valence-electron chi connectivity index (χ2n) is 4.70. The Morgan fingerprint density at radius 2 is 1.77 bits per heavy atom. The van der Waals surface area contributed by atoms with E-state index >= 15 is 0 Å². The fourth-order valence-corrected chi connectivity index (χ4v) is 2.16. The highest BCUT2D eigenvalue weighted by atomic mass is 16.6. The zero-order chi connectivity index (χ0) is 15.5. The van der Waals surface area contributed by atoms with Gasteiger partial charge in [0.2, 0.25) is 0 Å².